The number of ether oxygens (including phenoxy) is 1. The van der Waals surface area contributed by atoms with Crippen molar-refractivity contribution in [2.45, 2.75) is 25.4 Å². The monoisotopic (exact) mass is 344 g/mol. The number of carbonyl (C=O) groups is 1. The van der Waals surface area contributed by atoms with Gasteiger partial charge in [-0.1, -0.05) is 6.07 Å². The number of alkyl halides is 3. The molecule has 8 heteroatoms. The molecule has 0 aliphatic carbocycles. The third-order valence-corrected chi connectivity index (χ3v) is 3.75. The van der Waals surface area contributed by atoms with Crippen LogP contribution in [-0.4, -0.2) is 23.7 Å². The zero-order valence-corrected chi connectivity index (χ0v) is 12.9. The summed E-state index contributed by atoms with van der Waals surface area (Å²) in [4.78, 5) is 16.7. The second-order valence-corrected chi connectivity index (χ2v) is 5.80. The van der Waals surface area contributed by atoms with Crippen LogP contribution in [0.4, 0.5) is 18.9 Å². The van der Waals surface area contributed by atoms with Crippen LogP contribution in [-0.2, 0) is 11.2 Å². The van der Waals surface area contributed by atoms with Crippen LogP contribution in [0.5, 0.6) is 5.88 Å². The van der Waals surface area contributed by atoms with Crippen molar-refractivity contribution in [2.75, 3.05) is 11.9 Å². The Morgan fingerprint density at radius 1 is 1.30 bits per heavy atom. The molecule has 0 saturated carbocycles. The number of anilines is 1. The number of aryl methyl sites for hydroxylation is 1. The van der Waals surface area contributed by atoms with Crippen molar-refractivity contribution in [3.8, 4) is 5.88 Å². The average molecular weight is 344 g/mol. The van der Waals surface area contributed by atoms with Crippen molar-refractivity contribution in [3.05, 3.63) is 40.7 Å². The second-order valence-electron chi connectivity index (χ2n) is 4.77. The highest BCUT2D eigenvalue weighted by Crippen LogP contribution is 2.18. The van der Waals surface area contributed by atoms with E-state index < -0.39 is 12.8 Å². The summed E-state index contributed by atoms with van der Waals surface area (Å²) in [6.45, 7) is -1.39. The van der Waals surface area contributed by atoms with E-state index in [1.807, 2.05) is 17.5 Å². The quantitative estimate of drug-likeness (QED) is 0.824. The van der Waals surface area contributed by atoms with Crippen molar-refractivity contribution in [2.24, 2.45) is 0 Å². The third kappa shape index (κ3) is 6.68. The lowest BCUT2D eigenvalue weighted by atomic mass is 10.2. The minimum absolute atomic E-state index is 0.141. The van der Waals surface area contributed by atoms with Crippen LogP contribution in [0.2, 0.25) is 0 Å². The van der Waals surface area contributed by atoms with Crippen LogP contribution < -0.4 is 10.1 Å². The van der Waals surface area contributed by atoms with Crippen molar-refractivity contribution in [1.29, 1.82) is 0 Å². The predicted octanol–water partition coefficient (Wildman–Crippen LogP) is 4.05. The Balaban J connectivity index is 1.73. The van der Waals surface area contributed by atoms with E-state index in [2.05, 4.69) is 15.0 Å². The van der Waals surface area contributed by atoms with Crippen molar-refractivity contribution < 1.29 is 22.7 Å². The van der Waals surface area contributed by atoms with Gasteiger partial charge < -0.3 is 10.1 Å². The number of aromatic nitrogens is 1. The minimum Gasteiger partial charge on any atom is -0.468 e. The van der Waals surface area contributed by atoms with E-state index >= 15 is 0 Å². The Morgan fingerprint density at radius 3 is 2.74 bits per heavy atom. The molecule has 0 unspecified atom stereocenters. The van der Waals surface area contributed by atoms with Gasteiger partial charge in [-0.3, -0.25) is 4.79 Å². The zero-order valence-electron chi connectivity index (χ0n) is 12.1. The Morgan fingerprint density at radius 2 is 2.13 bits per heavy atom. The van der Waals surface area contributed by atoms with E-state index in [1.54, 1.807) is 11.3 Å². The summed E-state index contributed by atoms with van der Waals surface area (Å²) in [5.74, 6) is -0.301. The maximum atomic E-state index is 12.0. The molecule has 0 aliphatic heterocycles. The highest BCUT2D eigenvalue weighted by atomic mass is 32.1. The van der Waals surface area contributed by atoms with Crippen LogP contribution in [0.1, 0.15) is 17.7 Å². The molecule has 23 heavy (non-hydrogen) atoms. The fourth-order valence-corrected chi connectivity index (χ4v) is 2.55. The van der Waals surface area contributed by atoms with Crippen molar-refractivity contribution in [3.63, 3.8) is 0 Å². The van der Waals surface area contributed by atoms with Crippen LogP contribution in [0.3, 0.4) is 0 Å². The van der Waals surface area contributed by atoms with Crippen LogP contribution in [0, 0.1) is 0 Å². The van der Waals surface area contributed by atoms with Gasteiger partial charge in [0.15, 0.2) is 6.61 Å². The molecule has 0 radical (unpaired) electrons. The second kappa shape index (κ2) is 7.96. The molecule has 124 valence electrons. The Kier molecular flexibility index (Phi) is 5.97. The molecule has 0 atom stereocenters. The standard InChI is InChI=1S/C15H15F3N2O2S/c16-15(17,18)10-22-14-7-6-11(9-19-14)20-13(21)5-1-3-12-4-2-8-23-12/h2,4,6-9H,1,3,5,10H2,(H,20,21). The molecule has 1 N–H and O–H groups in total. The summed E-state index contributed by atoms with van der Waals surface area (Å²) < 4.78 is 40.5. The Labute approximate surface area is 135 Å². The first-order valence-corrected chi connectivity index (χ1v) is 7.78. The highest BCUT2D eigenvalue weighted by Gasteiger charge is 2.28. The third-order valence-electron chi connectivity index (χ3n) is 2.81. The summed E-state index contributed by atoms with van der Waals surface area (Å²) in [5, 5.41) is 4.64. The molecule has 0 aliphatic rings. The molecule has 0 saturated heterocycles. The van der Waals surface area contributed by atoms with Gasteiger partial charge in [-0.2, -0.15) is 13.2 Å². The highest BCUT2D eigenvalue weighted by molar-refractivity contribution is 7.09. The smallest absolute Gasteiger partial charge is 0.422 e. The molecule has 0 bridgehead atoms. The molecule has 2 rings (SSSR count). The van der Waals surface area contributed by atoms with Gasteiger partial charge in [0.05, 0.1) is 11.9 Å². The molecule has 2 aromatic rings. The van der Waals surface area contributed by atoms with Gasteiger partial charge >= 0.3 is 6.18 Å². The van der Waals surface area contributed by atoms with Gasteiger partial charge in [-0.05, 0) is 30.4 Å². The van der Waals surface area contributed by atoms with Gasteiger partial charge in [-0.15, -0.1) is 11.3 Å². The summed E-state index contributed by atoms with van der Waals surface area (Å²) in [6, 6.07) is 6.73. The molecule has 2 heterocycles. The molecule has 1 amide bonds. The van der Waals surface area contributed by atoms with Gasteiger partial charge in [-0.25, -0.2) is 4.98 Å². The lowest BCUT2D eigenvalue weighted by Crippen LogP contribution is -2.19. The Hall–Kier alpha value is -2.09. The number of carbonyl (C=O) groups excluding carboxylic acids is 1. The van der Waals surface area contributed by atoms with Crippen LogP contribution in [0.25, 0.3) is 0 Å². The maximum absolute atomic E-state index is 12.0. The predicted molar refractivity (Wildman–Crippen MR) is 81.7 cm³/mol. The molecule has 0 aromatic carbocycles. The maximum Gasteiger partial charge on any atom is 0.422 e. The van der Waals surface area contributed by atoms with E-state index in [-0.39, 0.29) is 11.8 Å². The van der Waals surface area contributed by atoms with E-state index in [9.17, 15) is 18.0 Å². The van der Waals surface area contributed by atoms with Gasteiger partial charge in [0.25, 0.3) is 0 Å². The van der Waals surface area contributed by atoms with Crippen LogP contribution in [0.15, 0.2) is 35.8 Å². The summed E-state index contributed by atoms with van der Waals surface area (Å²) in [6.07, 6.45) is -1.20. The first-order chi connectivity index (χ1) is 10.9. The number of hydrogen-bond donors (Lipinski definition) is 1. The van der Waals surface area contributed by atoms with E-state index in [0.29, 0.717) is 12.1 Å². The van der Waals surface area contributed by atoms with Gasteiger partial charge in [0.1, 0.15) is 0 Å². The number of hydrogen-bond acceptors (Lipinski definition) is 4. The first kappa shape index (κ1) is 17.3. The fraction of sp³-hybridized carbons (Fsp3) is 0.333. The van der Waals surface area contributed by atoms with Gasteiger partial charge in [0.2, 0.25) is 11.8 Å². The molecule has 4 nitrogen and oxygen atoms in total. The van der Waals surface area contributed by atoms with E-state index in [0.717, 1.165) is 12.8 Å². The van der Waals surface area contributed by atoms with Crippen LogP contribution >= 0.6 is 11.3 Å². The lowest BCUT2D eigenvalue weighted by Gasteiger charge is -2.09. The van der Waals surface area contributed by atoms with Crippen molar-refractivity contribution in [1.82, 2.24) is 4.98 Å². The molecular weight excluding hydrogens is 329 g/mol. The number of nitrogens with one attached hydrogen (secondary N) is 1. The number of rotatable bonds is 7. The summed E-state index contributed by atoms with van der Waals surface area (Å²) in [7, 11) is 0. The average Bonchev–Trinajstić information content (AvgIpc) is 2.99. The van der Waals surface area contributed by atoms with E-state index in [1.165, 1.54) is 23.2 Å². The lowest BCUT2D eigenvalue weighted by molar-refractivity contribution is -0.154. The number of halogens is 3. The Bertz CT molecular complexity index is 613. The first-order valence-electron chi connectivity index (χ1n) is 6.90. The van der Waals surface area contributed by atoms with E-state index in [4.69, 9.17) is 0 Å². The number of amides is 1. The minimum atomic E-state index is -4.41. The molecule has 0 fully saturated rings. The number of nitrogens with zero attached hydrogens (tertiary/aromatic N) is 1. The largest absolute Gasteiger partial charge is 0.468 e. The van der Waals surface area contributed by atoms with Gasteiger partial charge in [0, 0.05) is 17.4 Å². The number of thiophene rings is 1. The fourth-order valence-electron chi connectivity index (χ4n) is 1.80. The SMILES string of the molecule is O=C(CCCc1cccs1)Nc1ccc(OCC(F)(F)F)nc1. The van der Waals surface area contributed by atoms with Crippen molar-refractivity contribution >= 4 is 22.9 Å². The number of pyridine rings is 1. The topological polar surface area (TPSA) is 51.2 Å². The summed E-state index contributed by atoms with van der Waals surface area (Å²) >= 11 is 1.65. The molecular formula is C15H15F3N2O2S. The molecule has 0 spiro atoms. The zero-order chi connectivity index (χ0) is 16.7. The summed E-state index contributed by atoms with van der Waals surface area (Å²) in [5.41, 5.74) is 0.422. The molecule has 2 aromatic heterocycles. The normalized spacial score (nSPS) is 11.3.